The molecule has 0 aliphatic carbocycles. The first-order valence-electron chi connectivity index (χ1n) is 15.0. The van der Waals surface area contributed by atoms with Crippen LogP contribution < -0.4 is 0 Å². The largest absolute Gasteiger partial charge is 0.264 e. The second kappa shape index (κ2) is 10.6. The van der Waals surface area contributed by atoms with Crippen molar-refractivity contribution < 1.29 is 0 Å². The third kappa shape index (κ3) is 4.25. The highest BCUT2D eigenvalue weighted by molar-refractivity contribution is 6.21. The summed E-state index contributed by atoms with van der Waals surface area (Å²) in [5.41, 5.74) is 12.8. The van der Waals surface area contributed by atoms with Crippen molar-refractivity contribution in [3.05, 3.63) is 151 Å². The lowest BCUT2D eigenvalue weighted by Crippen LogP contribution is -1.98. The van der Waals surface area contributed by atoms with Crippen molar-refractivity contribution in [2.24, 2.45) is 0 Å². The van der Waals surface area contributed by atoms with Gasteiger partial charge in [0.15, 0.2) is 0 Å². The van der Waals surface area contributed by atoms with Gasteiger partial charge in [0.25, 0.3) is 0 Å². The summed E-state index contributed by atoms with van der Waals surface area (Å²) < 4.78 is 0. The molecule has 0 spiro atoms. The van der Waals surface area contributed by atoms with Crippen LogP contribution in [0.5, 0.6) is 0 Å². The number of aromatic nitrogens is 3. The van der Waals surface area contributed by atoms with E-state index >= 15 is 0 Å². The van der Waals surface area contributed by atoms with Gasteiger partial charge in [-0.05, 0) is 69.3 Å². The van der Waals surface area contributed by atoms with E-state index in [0.717, 1.165) is 50.2 Å². The van der Waals surface area contributed by atoms with Gasteiger partial charge in [-0.2, -0.15) is 0 Å². The van der Waals surface area contributed by atoms with Crippen LogP contribution in [0.15, 0.2) is 140 Å². The van der Waals surface area contributed by atoms with Crippen LogP contribution in [-0.4, -0.2) is 15.0 Å². The van der Waals surface area contributed by atoms with Crippen LogP contribution in [-0.2, 0) is 0 Å². The summed E-state index contributed by atoms with van der Waals surface area (Å²) in [6.07, 6.45) is 3.79. The number of aryl methyl sites for hydroxylation is 2. The zero-order valence-corrected chi connectivity index (χ0v) is 24.6. The van der Waals surface area contributed by atoms with Crippen LogP contribution in [0.3, 0.4) is 0 Å². The summed E-state index contributed by atoms with van der Waals surface area (Å²) in [7, 11) is 0. The molecule has 0 radical (unpaired) electrons. The van der Waals surface area contributed by atoms with Crippen molar-refractivity contribution in [2.45, 2.75) is 13.8 Å². The van der Waals surface area contributed by atoms with E-state index in [4.69, 9.17) is 9.97 Å². The molecule has 3 heteroatoms. The maximum absolute atomic E-state index is 5.26. The predicted octanol–water partition coefficient (Wildman–Crippen LogP) is 10.6. The van der Waals surface area contributed by atoms with Crippen LogP contribution in [0.1, 0.15) is 11.1 Å². The number of rotatable bonds is 4. The highest BCUT2D eigenvalue weighted by atomic mass is 14.8. The topological polar surface area (TPSA) is 38.7 Å². The van der Waals surface area contributed by atoms with E-state index in [1.165, 1.54) is 38.2 Å². The molecule has 8 aromatic rings. The summed E-state index contributed by atoms with van der Waals surface area (Å²) >= 11 is 0. The molecule has 2 heterocycles. The first-order chi connectivity index (χ1) is 21.7. The maximum Gasteiger partial charge on any atom is 0.0973 e. The molecule has 3 nitrogen and oxygen atoms in total. The van der Waals surface area contributed by atoms with Gasteiger partial charge in [-0.3, -0.25) is 4.98 Å². The molecule has 0 saturated heterocycles. The van der Waals surface area contributed by atoms with E-state index < -0.39 is 0 Å². The number of hydrogen-bond donors (Lipinski definition) is 0. The fraction of sp³-hybridized carbons (Fsp3) is 0.0488. The zero-order valence-electron chi connectivity index (χ0n) is 24.6. The minimum absolute atomic E-state index is 0.894. The number of pyridine rings is 1. The van der Waals surface area contributed by atoms with Crippen molar-refractivity contribution in [2.75, 3.05) is 0 Å². The Labute approximate surface area is 256 Å². The molecule has 0 amide bonds. The van der Waals surface area contributed by atoms with Crippen LogP contribution in [0.25, 0.3) is 77.3 Å². The monoisotopic (exact) mass is 563 g/mol. The molecule has 0 N–H and O–H groups in total. The smallest absolute Gasteiger partial charge is 0.0973 e. The number of benzene rings is 6. The highest BCUT2D eigenvalue weighted by Crippen LogP contribution is 2.44. The Morgan fingerprint density at radius 1 is 0.386 bits per heavy atom. The van der Waals surface area contributed by atoms with Crippen LogP contribution >= 0.6 is 0 Å². The second-order valence-electron chi connectivity index (χ2n) is 11.3. The van der Waals surface area contributed by atoms with Gasteiger partial charge >= 0.3 is 0 Å². The fourth-order valence-electron chi connectivity index (χ4n) is 6.45. The predicted molar refractivity (Wildman–Crippen MR) is 184 cm³/mol. The lowest BCUT2D eigenvalue weighted by Gasteiger charge is -2.18. The number of fused-ring (bicyclic) bond motifs is 3. The normalized spacial score (nSPS) is 11.4. The summed E-state index contributed by atoms with van der Waals surface area (Å²) in [4.78, 5) is 14.9. The Balaban J connectivity index is 1.35. The molecule has 208 valence electrons. The number of hydrogen-bond acceptors (Lipinski definition) is 3. The average molecular weight is 564 g/mol. The minimum atomic E-state index is 0.894. The Kier molecular flexibility index (Phi) is 6.23. The molecular formula is C41H29N3. The average Bonchev–Trinajstić information content (AvgIpc) is 3.09. The second-order valence-corrected chi connectivity index (χ2v) is 11.3. The molecule has 6 aromatic carbocycles. The van der Waals surface area contributed by atoms with E-state index in [1.54, 1.807) is 0 Å². The summed E-state index contributed by atoms with van der Waals surface area (Å²) in [6.45, 7) is 4.21. The van der Waals surface area contributed by atoms with Gasteiger partial charge in [-0.15, -0.1) is 0 Å². The van der Waals surface area contributed by atoms with Gasteiger partial charge in [-0.25, -0.2) is 9.97 Å². The highest BCUT2D eigenvalue weighted by Gasteiger charge is 2.18. The van der Waals surface area contributed by atoms with Crippen molar-refractivity contribution in [1.29, 1.82) is 0 Å². The third-order valence-corrected chi connectivity index (χ3v) is 8.60. The van der Waals surface area contributed by atoms with Gasteiger partial charge in [0.2, 0.25) is 0 Å². The molecule has 0 fully saturated rings. The molecule has 0 aliphatic rings. The SMILES string of the molecule is Cc1ccc(C)c2nc(-c3ccc(-c4c5ccccc5c(-c5cccnc5)c5ccccc45)cc3)c(-c3ccccc3)nc12. The van der Waals surface area contributed by atoms with Crippen molar-refractivity contribution in [3.63, 3.8) is 0 Å². The van der Waals surface area contributed by atoms with Crippen molar-refractivity contribution >= 4 is 32.6 Å². The molecule has 0 bridgehead atoms. The third-order valence-electron chi connectivity index (χ3n) is 8.60. The molecule has 0 unspecified atom stereocenters. The molecule has 8 rings (SSSR count). The lowest BCUT2D eigenvalue weighted by atomic mass is 9.86. The van der Waals surface area contributed by atoms with Crippen LogP contribution in [0.2, 0.25) is 0 Å². The Morgan fingerprint density at radius 3 is 1.32 bits per heavy atom. The first kappa shape index (κ1) is 26.0. The Bertz CT molecular complexity index is 2270. The standard InChI is InChI=1S/C41H29N3/c1-26-18-19-27(2)39-38(26)43-40(29-11-4-3-5-12-29)41(44-39)30-22-20-28(21-23-30)36-32-14-6-8-16-34(32)37(31-13-10-24-42-25-31)35-17-9-7-15-33(35)36/h3-25H,1-2H3. The maximum atomic E-state index is 5.26. The molecular weight excluding hydrogens is 534 g/mol. The van der Waals surface area contributed by atoms with E-state index in [-0.39, 0.29) is 0 Å². The van der Waals surface area contributed by atoms with Gasteiger partial charge in [-0.1, -0.05) is 121 Å². The Hall–Kier alpha value is -5.67. The molecule has 0 saturated carbocycles. The van der Waals surface area contributed by atoms with Crippen molar-refractivity contribution in [1.82, 2.24) is 15.0 Å². The van der Waals surface area contributed by atoms with Crippen molar-refractivity contribution in [3.8, 4) is 44.8 Å². The quantitative estimate of drug-likeness (QED) is 0.200. The van der Waals surface area contributed by atoms with Crippen LogP contribution in [0.4, 0.5) is 0 Å². The summed E-state index contributed by atoms with van der Waals surface area (Å²) in [6, 6.07) is 45.1. The van der Waals surface area contributed by atoms with Gasteiger partial charge in [0.05, 0.1) is 22.4 Å². The van der Waals surface area contributed by atoms with Crippen LogP contribution in [0, 0.1) is 13.8 Å². The lowest BCUT2D eigenvalue weighted by molar-refractivity contribution is 1.25. The van der Waals surface area contributed by atoms with Gasteiger partial charge < -0.3 is 0 Å². The molecule has 0 aliphatic heterocycles. The molecule has 44 heavy (non-hydrogen) atoms. The van der Waals surface area contributed by atoms with Gasteiger partial charge in [0, 0.05) is 29.1 Å². The van der Waals surface area contributed by atoms with E-state index in [9.17, 15) is 0 Å². The fourth-order valence-corrected chi connectivity index (χ4v) is 6.45. The van der Waals surface area contributed by atoms with E-state index in [0.29, 0.717) is 0 Å². The zero-order chi connectivity index (χ0) is 29.6. The molecule has 2 aromatic heterocycles. The Morgan fingerprint density at radius 2 is 0.818 bits per heavy atom. The van der Waals surface area contributed by atoms with E-state index in [1.807, 2.05) is 24.5 Å². The molecule has 0 atom stereocenters. The number of nitrogens with zero attached hydrogens (tertiary/aromatic N) is 3. The first-order valence-corrected chi connectivity index (χ1v) is 15.0. The van der Waals surface area contributed by atoms with Gasteiger partial charge in [0.1, 0.15) is 0 Å². The minimum Gasteiger partial charge on any atom is -0.264 e. The summed E-state index contributed by atoms with van der Waals surface area (Å²) in [5.74, 6) is 0. The summed E-state index contributed by atoms with van der Waals surface area (Å²) in [5, 5.41) is 4.88. The van der Waals surface area contributed by atoms with E-state index in [2.05, 4.69) is 134 Å².